The fourth-order valence-electron chi connectivity index (χ4n) is 4.68. The zero-order valence-corrected chi connectivity index (χ0v) is 15.2. The molecule has 5 nitrogen and oxygen atoms in total. The van der Waals surface area contributed by atoms with Crippen molar-refractivity contribution >= 4 is 0 Å². The fraction of sp³-hybridized carbons (Fsp3) is 0.600. The lowest BCUT2D eigenvalue weighted by molar-refractivity contribution is 0.0234. The Morgan fingerprint density at radius 2 is 1.88 bits per heavy atom. The van der Waals surface area contributed by atoms with Crippen LogP contribution in [0, 0.1) is 5.41 Å². The number of benzene rings is 1. The second-order valence-corrected chi connectivity index (χ2v) is 7.94. The predicted molar refractivity (Wildman–Crippen MR) is 100 cm³/mol. The molecule has 2 aliphatic rings. The molecule has 134 valence electrons. The summed E-state index contributed by atoms with van der Waals surface area (Å²) in [6.45, 7) is 6.09. The number of nitrogens with one attached hydrogen (secondary N) is 1. The van der Waals surface area contributed by atoms with Gasteiger partial charge in [0, 0.05) is 31.6 Å². The number of H-pyrrole nitrogens is 1. The Morgan fingerprint density at radius 3 is 2.68 bits per heavy atom. The molecule has 2 aliphatic heterocycles. The maximum absolute atomic E-state index is 4.68. The molecular formula is C20H29N5. The Bertz CT molecular complexity index is 678. The van der Waals surface area contributed by atoms with E-state index in [4.69, 9.17) is 0 Å². The molecule has 1 unspecified atom stereocenters. The molecule has 5 heteroatoms. The van der Waals surface area contributed by atoms with Crippen molar-refractivity contribution in [2.24, 2.45) is 5.41 Å². The third-order valence-corrected chi connectivity index (χ3v) is 5.82. The van der Waals surface area contributed by atoms with Gasteiger partial charge in [-0.25, -0.2) is 4.98 Å². The fourth-order valence-corrected chi connectivity index (χ4v) is 4.68. The monoisotopic (exact) mass is 339 g/mol. The summed E-state index contributed by atoms with van der Waals surface area (Å²) in [6.07, 6.45) is 6.43. The number of likely N-dealkylation sites (tertiary alicyclic amines) is 2. The molecular weight excluding hydrogens is 310 g/mol. The summed E-state index contributed by atoms with van der Waals surface area (Å²) in [5.41, 5.74) is 1.61. The van der Waals surface area contributed by atoms with Crippen LogP contribution in [-0.4, -0.2) is 64.8 Å². The first-order valence-electron chi connectivity index (χ1n) is 9.60. The molecule has 0 bridgehead atoms. The molecule has 0 amide bonds. The average molecular weight is 339 g/mol. The number of hydrogen-bond acceptors (Lipinski definition) is 4. The number of hydrogen-bond donors (Lipinski definition) is 1. The number of rotatable bonds is 4. The predicted octanol–water partition coefficient (Wildman–Crippen LogP) is 2.82. The van der Waals surface area contributed by atoms with Crippen molar-refractivity contribution in [3.05, 3.63) is 36.2 Å². The Hall–Kier alpha value is -1.72. The van der Waals surface area contributed by atoms with Crippen molar-refractivity contribution in [2.45, 2.75) is 32.1 Å². The molecule has 2 saturated heterocycles. The zero-order chi connectivity index (χ0) is 17.1. The van der Waals surface area contributed by atoms with E-state index in [1.54, 1.807) is 0 Å². The SMILES string of the molecule is CN1CCCC2(CCCN(CCc3nc(-c4ccccc4)n[nH]3)C2)C1. The molecule has 4 rings (SSSR count). The second kappa shape index (κ2) is 7.26. The highest BCUT2D eigenvalue weighted by Gasteiger charge is 2.37. The zero-order valence-electron chi connectivity index (χ0n) is 15.2. The van der Waals surface area contributed by atoms with E-state index in [2.05, 4.69) is 44.2 Å². The van der Waals surface area contributed by atoms with Crippen LogP contribution in [0.25, 0.3) is 11.4 Å². The standard InChI is InChI=1S/C20H29N5/c1-24-12-5-10-20(15-24)11-6-13-25(16-20)14-9-18-21-19(23-22-18)17-7-3-2-4-8-17/h2-4,7-8H,5-6,9-16H2,1H3,(H,21,22,23). The highest BCUT2D eigenvalue weighted by Crippen LogP contribution is 2.37. The van der Waals surface area contributed by atoms with Crippen molar-refractivity contribution in [1.29, 1.82) is 0 Å². The van der Waals surface area contributed by atoms with E-state index in [1.165, 1.54) is 51.9 Å². The summed E-state index contributed by atoms with van der Waals surface area (Å²) < 4.78 is 0. The first-order valence-corrected chi connectivity index (χ1v) is 9.60. The van der Waals surface area contributed by atoms with E-state index in [0.717, 1.165) is 30.2 Å². The van der Waals surface area contributed by atoms with Crippen LogP contribution in [-0.2, 0) is 6.42 Å². The van der Waals surface area contributed by atoms with Crippen LogP contribution in [0.15, 0.2) is 30.3 Å². The number of aromatic amines is 1. The largest absolute Gasteiger partial charge is 0.306 e. The van der Waals surface area contributed by atoms with E-state index in [1.807, 2.05) is 18.2 Å². The van der Waals surface area contributed by atoms with Crippen LogP contribution in [0.3, 0.4) is 0 Å². The van der Waals surface area contributed by atoms with E-state index < -0.39 is 0 Å². The molecule has 0 saturated carbocycles. The normalized spacial score (nSPS) is 25.5. The molecule has 1 N–H and O–H groups in total. The van der Waals surface area contributed by atoms with Gasteiger partial charge < -0.3 is 9.80 Å². The van der Waals surface area contributed by atoms with Crippen LogP contribution in [0.5, 0.6) is 0 Å². The van der Waals surface area contributed by atoms with E-state index >= 15 is 0 Å². The van der Waals surface area contributed by atoms with Gasteiger partial charge in [-0.05, 0) is 51.2 Å². The molecule has 2 fully saturated rings. The summed E-state index contributed by atoms with van der Waals surface area (Å²) in [6, 6.07) is 10.2. The topological polar surface area (TPSA) is 48.1 Å². The summed E-state index contributed by atoms with van der Waals surface area (Å²) >= 11 is 0. The van der Waals surface area contributed by atoms with Crippen molar-refractivity contribution in [1.82, 2.24) is 25.0 Å². The van der Waals surface area contributed by atoms with Gasteiger partial charge in [0.15, 0.2) is 5.82 Å². The van der Waals surface area contributed by atoms with E-state index in [9.17, 15) is 0 Å². The lowest BCUT2D eigenvalue weighted by Crippen LogP contribution is -2.51. The lowest BCUT2D eigenvalue weighted by atomic mass is 9.74. The third-order valence-electron chi connectivity index (χ3n) is 5.82. The molecule has 0 radical (unpaired) electrons. The van der Waals surface area contributed by atoms with Gasteiger partial charge in [0.1, 0.15) is 5.82 Å². The first kappa shape index (κ1) is 16.7. The Labute approximate surface area is 150 Å². The Balaban J connectivity index is 1.35. The number of nitrogens with zero attached hydrogens (tertiary/aromatic N) is 4. The average Bonchev–Trinajstić information content (AvgIpc) is 3.10. The minimum absolute atomic E-state index is 0.530. The molecule has 2 aromatic rings. The van der Waals surface area contributed by atoms with Gasteiger partial charge in [0.05, 0.1) is 0 Å². The summed E-state index contributed by atoms with van der Waals surface area (Å²) in [7, 11) is 2.28. The first-order chi connectivity index (χ1) is 12.2. The van der Waals surface area contributed by atoms with Gasteiger partial charge in [0.2, 0.25) is 0 Å². The minimum Gasteiger partial charge on any atom is -0.306 e. The maximum atomic E-state index is 4.68. The van der Waals surface area contributed by atoms with Gasteiger partial charge in [-0.2, -0.15) is 5.10 Å². The van der Waals surface area contributed by atoms with Crippen molar-refractivity contribution in [2.75, 3.05) is 39.8 Å². The van der Waals surface area contributed by atoms with Gasteiger partial charge in [-0.3, -0.25) is 5.10 Å². The molecule has 3 heterocycles. The maximum Gasteiger partial charge on any atom is 0.181 e. The van der Waals surface area contributed by atoms with Gasteiger partial charge in [-0.1, -0.05) is 30.3 Å². The molecule has 0 aliphatic carbocycles. The smallest absolute Gasteiger partial charge is 0.181 e. The highest BCUT2D eigenvalue weighted by molar-refractivity contribution is 5.53. The quantitative estimate of drug-likeness (QED) is 0.930. The van der Waals surface area contributed by atoms with Gasteiger partial charge in [0.25, 0.3) is 0 Å². The Kier molecular flexibility index (Phi) is 4.86. The van der Waals surface area contributed by atoms with Crippen molar-refractivity contribution in [3.63, 3.8) is 0 Å². The summed E-state index contributed by atoms with van der Waals surface area (Å²) in [4.78, 5) is 9.85. The van der Waals surface area contributed by atoms with Crippen molar-refractivity contribution in [3.8, 4) is 11.4 Å². The van der Waals surface area contributed by atoms with Crippen LogP contribution in [0.2, 0.25) is 0 Å². The van der Waals surface area contributed by atoms with E-state index in [-0.39, 0.29) is 0 Å². The van der Waals surface area contributed by atoms with Gasteiger partial charge >= 0.3 is 0 Å². The minimum atomic E-state index is 0.530. The lowest BCUT2D eigenvalue weighted by Gasteiger charge is -2.47. The van der Waals surface area contributed by atoms with Gasteiger partial charge in [-0.15, -0.1) is 0 Å². The summed E-state index contributed by atoms with van der Waals surface area (Å²) in [5.74, 6) is 1.80. The summed E-state index contributed by atoms with van der Waals surface area (Å²) in [5, 5.41) is 7.51. The van der Waals surface area contributed by atoms with Crippen LogP contribution in [0.1, 0.15) is 31.5 Å². The van der Waals surface area contributed by atoms with Crippen molar-refractivity contribution < 1.29 is 0 Å². The molecule has 1 aromatic carbocycles. The van der Waals surface area contributed by atoms with E-state index in [0.29, 0.717) is 5.41 Å². The molecule has 1 atom stereocenters. The van der Waals surface area contributed by atoms with Crippen LogP contribution < -0.4 is 0 Å². The Morgan fingerprint density at radius 1 is 1.08 bits per heavy atom. The second-order valence-electron chi connectivity index (χ2n) is 7.94. The highest BCUT2D eigenvalue weighted by atomic mass is 15.2. The van der Waals surface area contributed by atoms with Crippen LogP contribution >= 0.6 is 0 Å². The third kappa shape index (κ3) is 3.93. The van der Waals surface area contributed by atoms with Crippen LogP contribution in [0.4, 0.5) is 0 Å². The molecule has 1 aromatic heterocycles. The number of aromatic nitrogens is 3. The number of piperidine rings is 2. The molecule has 25 heavy (non-hydrogen) atoms. The molecule has 1 spiro atoms.